The first kappa shape index (κ1) is 20.6. The summed E-state index contributed by atoms with van der Waals surface area (Å²) in [6.45, 7) is 5.61. The zero-order valence-electron chi connectivity index (χ0n) is 16.8. The molecule has 152 valence electrons. The highest BCUT2D eigenvalue weighted by molar-refractivity contribution is 6.12. The summed E-state index contributed by atoms with van der Waals surface area (Å²) in [6, 6.07) is 15.0. The topological polar surface area (TPSA) is 67.9 Å². The minimum absolute atomic E-state index is 0.0704. The van der Waals surface area contributed by atoms with Crippen LogP contribution in [0, 0.1) is 6.92 Å². The highest BCUT2D eigenvalue weighted by Gasteiger charge is 2.31. The Morgan fingerprint density at radius 2 is 2.03 bits per heavy atom. The molecule has 1 heterocycles. The fourth-order valence-corrected chi connectivity index (χ4v) is 3.08. The number of nitrogens with zero attached hydrogens (tertiary/aromatic N) is 1. The molecule has 1 N–H and O–H groups in total. The standard InChI is InChI=1S/C23H26N2O4/c1-3-28-13-7-12-24-22(26)16-25-19-10-4-5-11-20(19)29-21(23(25)27)15-18-9-6-8-17(2)14-18/h4-6,8-11,14-15H,3,7,12-13,16H2,1-2H3,(H,24,26). The Hall–Kier alpha value is -3.12. The minimum Gasteiger partial charge on any atom is -0.449 e. The molecule has 0 unspecified atom stereocenters. The van der Waals surface area contributed by atoms with E-state index in [-0.39, 0.29) is 24.1 Å². The molecule has 0 fully saturated rings. The van der Waals surface area contributed by atoms with Gasteiger partial charge < -0.3 is 14.8 Å². The van der Waals surface area contributed by atoms with Gasteiger partial charge in [0.2, 0.25) is 5.91 Å². The van der Waals surface area contributed by atoms with Crippen LogP contribution in [0.4, 0.5) is 5.69 Å². The summed E-state index contributed by atoms with van der Waals surface area (Å²) in [7, 11) is 0. The molecule has 6 nitrogen and oxygen atoms in total. The minimum atomic E-state index is -0.338. The first-order valence-corrected chi connectivity index (χ1v) is 9.80. The van der Waals surface area contributed by atoms with Crippen LogP contribution in [-0.4, -0.2) is 38.1 Å². The zero-order valence-corrected chi connectivity index (χ0v) is 16.8. The molecule has 0 aromatic heterocycles. The van der Waals surface area contributed by atoms with Crippen molar-refractivity contribution in [3.05, 3.63) is 65.4 Å². The Kier molecular flexibility index (Phi) is 7.03. The van der Waals surface area contributed by atoms with Crippen LogP contribution in [0.2, 0.25) is 0 Å². The maximum absolute atomic E-state index is 13.1. The van der Waals surface area contributed by atoms with E-state index in [1.165, 1.54) is 4.90 Å². The van der Waals surface area contributed by atoms with Crippen molar-refractivity contribution in [2.75, 3.05) is 31.2 Å². The van der Waals surface area contributed by atoms with E-state index < -0.39 is 0 Å². The second-order valence-electron chi connectivity index (χ2n) is 6.78. The van der Waals surface area contributed by atoms with Crippen molar-refractivity contribution in [1.29, 1.82) is 0 Å². The maximum Gasteiger partial charge on any atom is 0.294 e. The average molecular weight is 394 g/mol. The van der Waals surface area contributed by atoms with Gasteiger partial charge in [0.1, 0.15) is 6.54 Å². The molecule has 2 aromatic carbocycles. The van der Waals surface area contributed by atoms with Crippen molar-refractivity contribution in [1.82, 2.24) is 5.32 Å². The van der Waals surface area contributed by atoms with E-state index in [1.54, 1.807) is 18.2 Å². The number of carbonyl (C=O) groups excluding carboxylic acids is 2. The summed E-state index contributed by atoms with van der Waals surface area (Å²) in [6.07, 6.45) is 2.43. The van der Waals surface area contributed by atoms with Gasteiger partial charge in [-0.05, 0) is 44.0 Å². The summed E-state index contributed by atoms with van der Waals surface area (Å²) in [5.74, 6) is 0.185. The van der Waals surface area contributed by atoms with Gasteiger partial charge >= 0.3 is 0 Å². The number of fused-ring (bicyclic) bond motifs is 1. The summed E-state index contributed by atoms with van der Waals surface area (Å²) < 4.78 is 11.1. The lowest BCUT2D eigenvalue weighted by Gasteiger charge is -2.30. The Labute approximate surface area is 171 Å². The van der Waals surface area contributed by atoms with Gasteiger partial charge in [0.05, 0.1) is 5.69 Å². The number of ether oxygens (including phenoxy) is 2. The molecule has 0 saturated heterocycles. The predicted molar refractivity (Wildman–Crippen MR) is 113 cm³/mol. The molecule has 0 aliphatic carbocycles. The van der Waals surface area contributed by atoms with Crippen LogP contribution in [0.3, 0.4) is 0 Å². The number of aryl methyl sites for hydroxylation is 1. The maximum atomic E-state index is 13.1. The van der Waals surface area contributed by atoms with Gasteiger partial charge in [-0.15, -0.1) is 0 Å². The molecule has 2 amide bonds. The van der Waals surface area contributed by atoms with Gasteiger partial charge in [-0.1, -0.05) is 42.0 Å². The highest BCUT2D eigenvalue weighted by atomic mass is 16.5. The van der Waals surface area contributed by atoms with Crippen LogP contribution < -0.4 is 15.0 Å². The Morgan fingerprint density at radius 3 is 2.83 bits per heavy atom. The fourth-order valence-electron chi connectivity index (χ4n) is 3.08. The van der Waals surface area contributed by atoms with E-state index in [0.717, 1.165) is 17.5 Å². The van der Waals surface area contributed by atoms with Crippen molar-refractivity contribution in [3.8, 4) is 5.75 Å². The molecule has 0 bridgehead atoms. The summed E-state index contributed by atoms with van der Waals surface area (Å²) in [4.78, 5) is 26.9. The lowest BCUT2D eigenvalue weighted by molar-refractivity contribution is -0.123. The zero-order chi connectivity index (χ0) is 20.6. The molecule has 0 atom stereocenters. The van der Waals surface area contributed by atoms with Crippen LogP contribution in [0.15, 0.2) is 54.3 Å². The largest absolute Gasteiger partial charge is 0.449 e. The van der Waals surface area contributed by atoms with Crippen molar-refractivity contribution < 1.29 is 19.1 Å². The van der Waals surface area contributed by atoms with Gasteiger partial charge in [-0.3, -0.25) is 14.5 Å². The number of nitrogens with one attached hydrogen (secondary N) is 1. The molecule has 0 radical (unpaired) electrons. The van der Waals surface area contributed by atoms with Gasteiger partial charge in [-0.25, -0.2) is 0 Å². The van der Waals surface area contributed by atoms with Crippen LogP contribution in [0.25, 0.3) is 6.08 Å². The summed E-state index contributed by atoms with van der Waals surface area (Å²) in [5.41, 5.74) is 2.54. The number of rotatable bonds is 8. The van der Waals surface area contributed by atoms with E-state index in [9.17, 15) is 9.59 Å². The van der Waals surface area contributed by atoms with Crippen LogP contribution in [0.1, 0.15) is 24.5 Å². The Balaban J connectivity index is 1.76. The number of carbonyl (C=O) groups is 2. The van der Waals surface area contributed by atoms with Crippen molar-refractivity contribution in [3.63, 3.8) is 0 Å². The number of hydrogen-bond acceptors (Lipinski definition) is 4. The molecular formula is C23H26N2O4. The fraction of sp³-hybridized carbons (Fsp3) is 0.304. The van der Waals surface area contributed by atoms with Gasteiger partial charge in [0, 0.05) is 19.8 Å². The second-order valence-corrected chi connectivity index (χ2v) is 6.78. The molecule has 29 heavy (non-hydrogen) atoms. The van der Waals surface area contributed by atoms with Crippen LogP contribution in [0.5, 0.6) is 5.75 Å². The van der Waals surface area contributed by atoms with Crippen molar-refractivity contribution in [2.24, 2.45) is 0 Å². The predicted octanol–water partition coefficient (Wildman–Crippen LogP) is 3.30. The van der Waals surface area contributed by atoms with E-state index in [2.05, 4.69) is 5.32 Å². The SMILES string of the molecule is CCOCCCNC(=O)CN1C(=O)C(=Cc2cccc(C)c2)Oc2ccccc21. The van der Waals surface area contributed by atoms with E-state index in [1.807, 2.05) is 50.2 Å². The number of benzene rings is 2. The molecule has 0 spiro atoms. The second kappa shape index (κ2) is 9.89. The summed E-state index contributed by atoms with van der Waals surface area (Å²) >= 11 is 0. The Bertz CT molecular complexity index is 907. The average Bonchev–Trinajstić information content (AvgIpc) is 2.71. The highest BCUT2D eigenvalue weighted by Crippen LogP contribution is 2.35. The number of amides is 2. The third kappa shape index (κ3) is 5.45. The molecule has 0 saturated carbocycles. The van der Waals surface area contributed by atoms with E-state index >= 15 is 0 Å². The molecule has 6 heteroatoms. The molecular weight excluding hydrogens is 368 g/mol. The van der Waals surface area contributed by atoms with Gasteiger partial charge in [0.15, 0.2) is 11.5 Å². The number of hydrogen-bond donors (Lipinski definition) is 1. The normalized spacial score (nSPS) is 14.5. The summed E-state index contributed by atoms with van der Waals surface area (Å²) in [5, 5.41) is 2.84. The number of anilines is 1. The van der Waals surface area contributed by atoms with Crippen molar-refractivity contribution >= 4 is 23.6 Å². The first-order valence-electron chi connectivity index (χ1n) is 9.80. The lowest BCUT2D eigenvalue weighted by Crippen LogP contribution is -2.44. The Morgan fingerprint density at radius 1 is 1.21 bits per heavy atom. The first-order chi connectivity index (χ1) is 14.1. The molecule has 3 rings (SSSR count). The number of para-hydroxylation sites is 2. The smallest absolute Gasteiger partial charge is 0.294 e. The molecule has 1 aliphatic heterocycles. The molecule has 2 aromatic rings. The van der Waals surface area contributed by atoms with Gasteiger partial charge in [-0.2, -0.15) is 0 Å². The van der Waals surface area contributed by atoms with Gasteiger partial charge in [0.25, 0.3) is 5.91 Å². The quantitative estimate of drug-likeness (QED) is 0.551. The van der Waals surface area contributed by atoms with E-state index in [0.29, 0.717) is 31.2 Å². The van der Waals surface area contributed by atoms with Crippen LogP contribution >= 0.6 is 0 Å². The third-order valence-electron chi connectivity index (χ3n) is 4.47. The molecule has 1 aliphatic rings. The van der Waals surface area contributed by atoms with E-state index in [4.69, 9.17) is 9.47 Å². The third-order valence-corrected chi connectivity index (χ3v) is 4.47. The van der Waals surface area contributed by atoms with Crippen molar-refractivity contribution in [2.45, 2.75) is 20.3 Å². The lowest BCUT2D eigenvalue weighted by atomic mass is 10.1. The van der Waals surface area contributed by atoms with Crippen LogP contribution in [-0.2, 0) is 14.3 Å². The monoisotopic (exact) mass is 394 g/mol.